The number of nitriles is 2. The number of anilines is 1. The third kappa shape index (κ3) is 3.84. The number of carbonyl (C=O) groups excluding carboxylic acids is 2. The molecule has 154 valence electrons. The second-order valence-electron chi connectivity index (χ2n) is 6.58. The van der Waals surface area contributed by atoms with Crippen molar-refractivity contribution in [3.8, 4) is 12.1 Å². The van der Waals surface area contributed by atoms with E-state index in [2.05, 4.69) is 5.32 Å². The quantitative estimate of drug-likeness (QED) is 0.712. The molecule has 11 heteroatoms. The molecule has 1 N–H and O–H groups in total. The van der Waals surface area contributed by atoms with Crippen LogP contribution in [0.5, 0.6) is 0 Å². The van der Waals surface area contributed by atoms with Gasteiger partial charge in [0.25, 0.3) is 0 Å². The summed E-state index contributed by atoms with van der Waals surface area (Å²) < 4.78 is 38.5. The molecule has 0 radical (unpaired) electrons. The number of likely N-dealkylation sites (tertiary alicyclic amines) is 1. The molecular weight excluding hydrogens is 441 g/mol. The summed E-state index contributed by atoms with van der Waals surface area (Å²) in [5.41, 5.74) is -0.513. The number of benzene rings is 1. The number of alkyl halides is 3. The maximum Gasteiger partial charge on any atom is 0.416 e. The molecular formula is C19H12ClF3N4O2S. The van der Waals surface area contributed by atoms with E-state index in [1.54, 1.807) is 0 Å². The highest BCUT2D eigenvalue weighted by Crippen LogP contribution is 2.39. The monoisotopic (exact) mass is 452 g/mol. The van der Waals surface area contributed by atoms with Crippen LogP contribution >= 0.6 is 22.9 Å². The summed E-state index contributed by atoms with van der Waals surface area (Å²) in [7, 11) is 1.49. The Kier molecular flexibility index (Phi) is 5.75. The van der Waals surface area contributed by atoms with E-state index in [4.69, 9.17) is 16.9 Å². The molecule has 1 aromatic heterocycles. The van der Waals surface area contributed by atoms with Crippen molar-refractivity contribution < 1.29 is 22.8 Å². The Labute approximate surface area is 178 Å². The van der Waals surface area contributed by atoms with E-state index in [-0.39, 0.29) is 27.0 Å². The Bertz CT molecular complexity index is 1100. The van der Waals surface area contributed by atoms with E-state index >= 15 is 0 Å². The van der Waals surface area contributed by atoms with Crippen molar-refractivity contribution >= 4 is 39.8 Å². The first-order valence-electron chi connectivity index (χ1n) is 8.44. The summed E-state index contributed by atoms with van der Waals surface area (Å²) >= 11 is 6.75. The molecule has 1 aliphatic heterocycles. The van der Waals surface area contributed by atoms with Gasteiger partial charge in [-0.15, -0.1) is 11.3 Å². The molecule has 1 saturated heterocycles. The van der Waals surface area contributed by atoms with E-state index in [0.29, 0.717) is 5.56 Å². The molecule has 0 unspecified atom stereocenters. The van der Waals surface area contributed by atoms with Crippen molar-refractivity contribution in [1.29, 1.82) is 10.5 Å². The number of nitrogens with zero attached hydrogens (tertiary/aromatic N) is 3. The molecule has 3 rings (SSSR count). The van der Waals surface area contributed by atoms with E-state index in [1.807, 2.05) is 12.1 Å². The first kappa shape index (κ1) is 21.6. The average molecular weight is 453 g/mol. The van der Waals surface area contributed by atoms with Crippen molar-refractivity contribution in [3.05, 3.63) is 50.9 Å². The second-order valence-corrected chi connectivity index (χ2v) is 7.98. The minimum Gasteiger partial charge on any atom is -0.344 e. The van der Waals surface area contributed by atoms with Crippen LogP contribution in [0.3, 0.4) is 0 Å². The zero-order valence-corrected chi connectivity index (χ0v) is 16.8. The maximum absolute atomic E-state index is 12.9. The summed E-state index contributed by atoms with van der Waals surface area (Å²) in [6.07, 6.45) is -4.50. The maximum atomic E-state index is 12.9. The third-order valence-corrected chi connectivity index (χ3v) is 6.26. The Hall–Kier alpha value is -3.08. The molecule has 1 aromatic carbocycles. The molecule has 2 aromatic rings. The summed E-state index contributed by atoms with van der Waals surface area (Å²) in [5, 5.41) is 20.7. The molecule has 0 saturated carbocycles. The van der Waals surface area contributed by atoms with Gasteiger partial charge in [0.2, 0.25) is 11.8 Å². The summed E-state index contributed by atoms with van der Waals surface area (Å²) in [6, 6.07) is 7.92. The van der Waals surface area contributed by atoms with Crippen LogP contribution in [0.25, 0.3) is 0 Å². The lowest BCUT2D eigenvalue weighted by Gasteiger charge is -2.17. The van der Waals surface area contributed by atoms with Gasteiger partial charge in [-0.3, -0.25) is 9.59 Å². The number of likely N-dealkylation sites (N-methyl/N-ethyl adjacent to an activating group) is 1. The first-order valence-corrected chi connectivity index (χ1v) is 9.63. The van der Waals surface area contributed by atoms with E-state index in [9.17, 15) is 28.0 Å². The lowest BCUT2D eigenvalue weighted by atomic mass is 9.87. The summed E-state index contributed by atoms with van der Waals surface area (Å²) in [4.78, 5) is 26.8. The van der Waals surface area contributed by atoms with Gasteiger partial charge in [0, 0.05) is 19.5 Å². The molecule has 30 heavy (non-hydrogen) atoms. The third-order valence-electron chi connectivity index (χ3n) is 4.76. The molecule has 2 atom stereocenters. The first-order chi connectivity index (χ1) is 14.1. The minimum absolute atomic E-state index is 0.0394. The highest BCUT2D eigenvalue weighted by Gasteiger charge is 2.44. The average Bonchev–Trinajstić information content (AvgIpc) is 3.16. The normalized spacial score (nSPS) is 18.8. The SMILES string of the molecule is CN1C[C@H](c2ccc(C(F)(F)F)cc2)[C@@H](C(=O)Nc2sc(C#N)c(Cl)c2C#N)C1=O. The van der Waals surface area contributed by atoms with Crippen molar-refractivity contribution in [3.63, 3.8) is 0 Å². The molecule has 0 aliphatic carbocycles. The van der Waals surface area contributed by atoms with Crippen LogP contribution in [-0.2, 0) is 15.8 Å². The predicted octanol–water partition coefficient (Wildman–Crippen LogP) is 3.97. The van der Waals surface area contributed by atoms with E-state index < -0.39 is 35.4 Å². The van der Waals surface area contributed by atoms with Crippen LogP contribution in [0.4, 0.5) is 18.2 Å². The van der Waals surface area contributed by atoms with Gasteiger partial charge in [0.05, 0.1) is 10.6 Å². The smallest absolute Gasteiger partial charge is 0.344 e. The van der Waals surface area contributed by atoms with Gasteiger partial charge in [0.1, 0.15) is 33.5 Å². The lowest BCUT2D eigenvalue weighted by Crippen LogP contribution is -2.32. The molecule has 0 spiro atoms. The predicted molar refractivity (Wildman–Crippen MR) is 103 cm³/mol. The fourth-order valence-electron chi connectivity index (χ4n) is 3.27. The Morgan fingerprint density at radius 1 is 1.27 bits per heavy atom. The Morgan fingerprint density at radius 3 is 2.43 bits per heavy atom. The number of halogens is 4. The number of carbonyl (C=O) groups is 2. The lowest BCUT2D eigenvalue weighted by molar-refractivity contribution is -0.138. The zero-order valence-electron chi connectivity index (χ0n) is 15.2. The number of thiophene rings is 1. The molecule has 0 bridgehead atoms. The number of hydrogen-bond donors (Lipinski definition) is 1. The van der Waals surface area contributed by atoms with Gasteiger partial charge in [-0.2, -0.15) is 23.7 Å². The molecule has 1 fully saturated rings. The number of amides is 2. The number of rotatable bonds is 3. The van der Waals surface area contributed by atoms with Gasteiger partial charge in [0.15, 0.2) is 0 Å². The van der Waals surface area contributed by atoms with Crippen molar-refractivity contribution in [2.24, 2.45) is 5.92 Å². The van der Waals surface area contributed by atoms with Crippen molar-refractivity contribution in [1.82, 2.24) is 4.90 Å². The second kappa shape index (κ2) is 7.98. The van der Waals surface area contributed by atoms with Crippen molar-refractivity contribution in [2.75, 3.05) is 18.9 Å². The van der Waals surface area contributed by atoms with E-state index in [1.165, 1.54) is 24.1 Å². The fourth-order valence-corrected chi connectivity index (χ4v) is 4.47. The van der Waals surface area contributed by atoms with Crippen LogP contribution in [-0.4, -0.2) is 30.3 Å². The Balaban J connectivity index is 1.91. The van der Waals surface area contributed by atoms with Gasteiger partial charge >= 0.3 is 6.18 Å². The van der Waals surface area contributed by atoms with Crippen LogP contribution in [0.1, 0.15) is 27.5 Å². The highest BCUT2D eigenvalue weighted by atomic mass is 35.5. The van der Waals surface area contributed by atoms with Crippen LogP contribution in [0.15, 0.2) is 24.3 Å². The van der Waals surface area contributed by atoms with E-state index in [0.717, 1.165) is 23.5 Å². The highest BCUT2D eigenvalue weighted by molar-refractivity contribution is 7.17. The van der Waals surface area contributed by atoms with Gasteiger partial charge < -0.3 is 10.2 Å². The zero-order chi connectivity index (χ0) is 22.2. The van der Waals surface area contributed by atoms with Gasteiger partial charge in [-0.25, -0.2) is 0 Å². The molecule has 1 aliphatic rings. The topological polar surface area (TPSA) is 97.0 Å². The van der Waals surface area contributed by atoms with Gasteiger partial charge in [-0.1, -0.05) is 23.7 Å². The van der Waals surface area contributed by atoms with Crippen LogP contribution in [0, 0.1) is 28.6 Å². The fraction of sp³-hybridized carbons (Fsp3) is 0.263. The minimum atomic E-state index is -4.50. The van der Waals surface area contributed by atoms with Crippen LogP contribution in [0.2, 0.25) is 5.02 Å². The standard InChI is InChI=1S/C19H12ClF3N4O2S/c1-27-8-12(9-2-4-10(5-3-9)19(21,22)23)14(18(27)29)16(28)26-17-11(6-24)15(20)13(7-25)30-17/h2-5,12,14H,8H2,1H3,(H,26,28)/t12-,14+/m1/s1. The molecule has 6 nitrogen and oxygen atoms in total. The Morgan fingerprint density at radius 2 is 1.90 bits per heavy atom. The van der Waals surface area contributed by atoms with Crippen molar-refractivity contribution in [2.45, 2.75) is 12.1 Å². The summed E-state index contributed by atoms with van der Waals surface area (Å²) in [6.45, 7) is 0.141. The largest absolute Gasteiger partial charge is 0.416 e. The van der Waals surface area contributed by atoms with Crippen LogP contribution < -0.4 is 5.32 Å². The number of hydrogen-bond acceptors (Lipinski definition) is 5. The molecule has 2 amide bonds. The van der Waals surface area contributed by atoms with Gasteiger partial charge in [-0.05, 0) is 17.7 Å². The summed E-state index contributed by atoms with van der Waals surface area (Å²) in [5.74, 6) is -3.11. The molecule has 2 heterocycles. The number of nitrogens with one attached hydrogen (secondary N) is 1.